The van der Waals surface area contributed by atoms with Crippen LogP contribution in [0.5, 0.6) is 11.5 Å². The fourth-order valence-electron chi connectivity index (χ4n) is 1.78. The maximum absolute atomic E-state index is 11.1. The van der Waals surface area contributed by atoms with Crippen molar-refractivity contribution in [2.24, 2.45) is 0 Å². The van der Waals surface area contributed by atoms with Crippen LogP contribution in [0.25, 0.3) is 0 Å². The van der Waals surface area contributed by atoms with Crippen LogP contribution in [0, 0.1) is 0 Å². The number of hydrogen-bond donors (Lipinski definition) is 2. The summed E-state index contributed by atoms with van der Waals surface area (Å²) in [4.78, 5) is 11.1. The summed E-state index contributed by atoms with van der Waals surface area (Å²) in [5, 5.41) is 5.84. The van der Waals surface area contributed by atoms with E-state index in [4.69, 9.17) is 9.47 Å². The van der Waals surface area contributed by atoms with Gasteiger partial charge in [-0.3, -0.25) is 4.79 Å². The second kappa shape index (κ2) is 9.23. The van der Waals surface area contributed by atoms with Crippen LogP contribution in [-0.2, 0) is 11.3 Å². The smallest absolute Gasteiger partial charge is 0.221 e. The van der Waals surface area contributed by atoms with E-state index in [1.54, 1.807) is 14.2 Å². The first-order valence-corrected chi connectivity index (χ1v) is 7.35. The molecule has 1 atom stereocenters. The summed E-state index contributed by atoms with van der Waals surface area (Å²) in [6, 6.07) is 5.89. The first-order chi connectivity index (χ1) is 10.1. The third kappa shape index (κ3) is 6.04. The molecule has 0 aliphatic heterocycles. The van der Waals surface area contributed by atoms with Gasteiger partial charge in [-0.15, -0.1) is 0 Å². The van der Waals surface area contributed by atoms with Crippen LogP contribution >= 0.6 is 0 Å². The predicted molar refractivity (Wildman–Crippen MR) is 83.8 cm³/mol. The van der Waals surface area contributed by atoms with Crippen LogP contribution in [0.4, 0.5) is 0 Å². The lowest BCUT2D eigenvalue weighted by Crippen LogP contribution is -2.24. The molecular weight excluding hydrogens is 268 g/mol. The second-order valence-corrected chi connectivity index (χ2v) is 4.92. The summed E-state index contributed by atoms with van der Waals surface area (Å²) in [6.45, 7) is 5.46. The number of carbonyl (C=O) groups is 1. The van der Waals surface area contributed by atoms with Gasteiger partial charge in [-0.1, -0.05) is 13.0 Å². The van der Waals surface area contributed by atoms with Crippen molar-refractivity contribution in [1.29, 1.82) is 0 Å². The number of carbonyl (C=O) groups excluding carboxylic acids is 1. The van der Waals surface area contributed by atoms with Crippen LogP contribution in [0.2, 0.25) is 0 Å². The van der Waals surface area contributed by atoms with Gasteiger partial charge in [-0.05, 0) is 31.0 Å². The Labute approximate surface area is 127 Å². The molecule has 0 bridgehead atoms. The highest BCUT2D eigenvalue weighted by atomic mass is 16.5. The average molecular weight is 294 g/mol. The molecule has 1 rings (SSSR count). The van der Waals surface area contributed by atoms with Gasteiger partial charge < -0.3 is 20.1 Å². The highest BCUT2D eigenvalue weighted by molar-refractivity contribution is 5.75. The van der Waals surface area contributed by atoms with E-state index >= 15 is 0 Å². The molecule has 0 saturated heterocycles. The lowest BCUT2D eigenvalue weighted by Gasteiger charge is -2.16. The topological polar surface area (TPSA) is 59.6 Å². The van der Waals surface area contributed by atoms with Gasteiger partial charge in [0.2, 0.25) is 5.91 Å². The van der Waals surface area contributed by atoms with Gasteiger partial charge in [0.1, 0.15) is 0 Å². The zero-order valence-corrected chi connectivity index (χ0v) is 13.4. The summed E-state index contributed by atoms with van der Waals surface area (Å²) >= 11 is 0. The normalized spacial score (nSPS) is 11.8. The number of ether oxygens (including phenoxy) is 2. The van der Waals surface area contributed by atoms with Crippen molar-refractivity contribution in [3.63, 3.8) is 0 Å². The van der Waals surface area contributed by atoms with Crippen molar-refractivity contribution in [2.45, 2.75) is 39.3 Å². The van der Waals surface area contributed by atoms with Crippen molar-refractivity contribution >= 4 is 5.91 Å². The van der Waals surface area contributed by atoms with Crippen LogP contribution in [0.3, 0.4) is 0 Å². The van der Waals surface area contributed by atoms with E-state index in [0.717, 1.165) is 23.5 Å². The number of hydrogen-bond acceptors (Lipinski definition) is 4. The molecule has 1 aromatic carbocycles. The van der Waals surface area contributed by atoms with E-state index in [0.29, 0.717) is 19.5 Å². The molecule has 5 nitrogen and oxygen atoms in total. The number of methoxy groups -OCH3 is 1. The monoisotopic (exact) mass is 294 g/mol. The minimum Gasteiger partial charge on any atom is -0.493 e. The van der Waals surface area contributed by atoms with E-state index in [9.17, 15) is 4.79 Å². The molecule has 1 amide bonds. The third-order valence-corrected chi connectivity index (χ3v) is 3.27. The molecule has 0 heterocycles. The fraction of sp³-hybridized carbons (Fsp3) is 0.562. The molecule has 0 aromatic heterocycles. The molecule has 0 radical (unpaired) electrons. The van der Waals surface area contributed by atoms with Gasteiger partial charge in [-0.2, -0.15) is 0 Å². The zero-order chi connectivity index (χ0) is 15.7. The maximum Gasteiger partial charge on any atom is 0.221 e. The van der Waals surface area contributed by atoms with Crippen molar-refractivity contribution in [3.8, 4) is 11.5 Å². The molecule has 2 N–H and O–H groups in total. The Balaban J connectivity index is 2.58. The minimum absolute atomic E-state index is 0.0398. The molecule has 5 heteroatoms. The van der Waals surface area contributed by atoms with Gasteiger partial charge in [-0.25, -0.2) is 0 Å². The summed E-state index contributed by atoms with van der Waals surface area (Å²) in [7, 11) is 3.28. The van der Waals surface area contributed by atoms with Gasteiger partial charge >= 0.3 is 0 Å². The van der Waals surface area contributed by atoms with Crippen LogP contribution in [0.15, 0.2) is 18.2 Å². The third-order valence-electron chi connectivity index (χ3n) is 3.27. The van der Waals surface area contributed by atoms with Crippen molar-refractivity contribution in [2.75, 3.05) is 20.7 Å². The molecule has 0 fully saturated rings. The average Bonchev–Trinajstić information content (AvgIpc) is 2.51. The second-order valence-electron chi connectivity index (χ2n) is 4.92. The number of nitrogens with one attached hydrogen (secondary N) is 2. The molecule has 0 aliphatic carbocycles. The fourth-order valence-corrected chi connectivity index (χ4v) is 1.78. The summed E-state index contributed by atoms with van der Waals surface area (Å²) < 4.78 is 11.2. The van der Waals surface area contributed by atoms with Crippen LogP contribution in [-0.4, -0.2) is 32.7 Å². The number of amides is 1. The Morgan fingerprint density at radius 3 is 2.71 bits per heavy atom. The first-order valence-electron chi connectivity index (χ1n) is 7.35. The summed E-state index contributed by atoms with van der Waals surface area (Å²) in [6.07, 6.45) is 1.57. The van der Waals surface area contributed by atoms with Gasteiger partial charge in [0, 0.05) is 26.6 Å². The van der Waals surface area contributed by atoms with Gasteiger partial charge in [0.15, 0.2) is 11.5 Å². The molecule has 0 spiro atoms. The lowest BCUT2D eigenvalue weighted by molar-refractivity contribution is -0.120. The molecular formula is C16H26N2O3. The van der Waals surface area contributed by atoms with E-state index in [1.807, 2.05) is 25.1 Å². The molecule has 21 heavy (non-hydrogen) atoms. The Kier molecular flexibility index (Phi) is 7.61. The van der Waals surface area contributed by atoms with E-state index < -0.39 is 0 Å². The zero-order valence-electron chi connectivity index (χ0n) is 13.4. The lowest BCUT2D eigenvalue weighted by atomic mass is 10.2. The molecule has 0 unspecified atom stereocenters. The van der Waals surface area contributed by atoms with Crippen LogP contribution < -0.4 is 20.1 Å². The standard InChI is InChI=1S/C16H26N2O3/c1-5-12(2)21-15-10-13(6-7-14(15)20-4)11-18-9-8-16(19)17-3/h6-7,10,12,18H,5,8-9,11H2,1-4H3,(H,17,19)/t12-/m1/s1. The Hall–Kier alpha value is -1.75. The first kappa shape index (κ1) is 17.3. The van der Waals surface area contributed by atoms with Gasteiger partial charge in [0.05, 0.1) is 13.2 Å². The van der Waals surface area contributed by atoms with Crippen molar-refractivity contribution in [3.05, 3.63) is 23.8 Å². The minimum atomic E-state index is 0.0398. The SMILES string of the molecule is CC[C@@H](C)Oc1cc(CNCCC(=O)NC)ccc1OC. The Bertz CT molecular complexity index is 449. The maximum atomic E-state index is 11.1. The summed E-state index contributed by atoms with van der Waals surface area (Å²) in [5.41, 5.74) is 1.10. The number of rotatable bonds is 9. The van der Waals surface area contributed by atoms with E-state index in [2.05, 4.69) is 17.6 Å². The van der Waals surface area contributed by atoms with Crippen molar-refractivity contribution in [1.82, 2.24) is 10.6 Å². The predicted octanol–water partition coefficient (Wildman–Crippen LogP) is 2.10. The van der Waals surface area contributed by atoms with Crippen molar-refractivity contribution < 1.29 is 14.3 Å². The molecule has 0 saturated carbocycles. The highest BCUT2D eigenvalue weighted by Crippen LogP contribution is 2.29. The largest absolute Gasteiger partial charge is 0.493 e. The number of benzene rings is 1. The quantitative estimate of drug-likeness (QED) is 0.685. The molecule has 118 valence electrons. The molecule has 1 aromatic rings. The van der Waals surface area contributed by atoms with Crippen LogP contribution in [0.1, 0.15) is 32.3 Å². The highest BCUT2D eigenvalue weighted by Gasteiger charge is 2.09. The Morgan fingerprint density at radius 1 is 1.33 bits per heavy atom. The molecule has 0 aliphatic rings. The van der Waals surface area contributed by atoms with Gasteiger partial charge in [0.25, 0.3) is 0 Å². The van der Waals surface area contributed by atoms with E-state index in [1.165, 1.54) is 0 Å². The van der Waals surface area contributed by atoms with E-state index in [-0.39, 0.29) is 12.0 Å². The summed E-state index contributed by atoms with van der Waals surface area (Å²) in [5.74, 6) is 1.54. The Morgan fingerprint density at radius 2 is 2.10 bits per heavy atom.